The molecule has 0 aromatic heterocycles. The first kappa shape index (κ1) is 17.5. The summed E-state index contributed by atoms with van der Waals surface area (Å²) in [4.78, 5) is 4.71. The molecule has 0 aromatic rings. The number of nitrogens with zero attached hydrogens (tertiary/aromatic N) is 1. The summed E-state index contributed by atoms with van der Waals surface area (Å²) in [6, 6.07) is 0. The molecular weight excluding hydrogens is 310 g/mol. The highest BCUT2D eigenvalue weighted by Crippen LogP contribution is 2.37. The van der Waals surface area contributed by atoms with Gasteiger partial charge in [0, 0.05) is 29.7 Å². The van der Waals surface area contributed by atoms with Crippen molar-refractivity contribution in [1.29, 1.82) is 0 Å². The van der Waals surface area contributed by atoms with E-state index in [1.54, 1.807) is 11.8 Å². The average molecular weight is 338 g/mol. The Hall–Kier alpha value is -0.810. The fourth-order valence-electron chi connectivity index (χ4n) is 2.80. The van der Waals surface area contributed by atoms with Crippen molar-refractivity contribution in [1.82, 2.24) is 5.32 Å². The van der Waals surface area contributed by atoms with E-state index in [0.29, 0.717) is 5.92 Å². The highest BCUT2D eigenvalue weighted by Gasteiger charge is 2.35. The Morgan fingerprint density at radius 3 is 3.09 bits per heavy atom. The Morgan fingerprint density at radius 1 is 1.64 bits per heavy atom. The van der Waals surface area contributed by atoms with Crippen molar-refractivity contribution in [2.75, 3.05) is 23.8 Å². The van der Waals surface area contributed by atoms with Gasteiger partial charge in [-0.1, -0.05) is 43.5 Å². The van der Waals surface area contributed by atoms with Gasteiger partial charge in [0.25, 0.3) is 0 Å². The quantitative estimate of drug-likeness (QED) is 0.698. The van der Waals surface area contributed by atoms with E-state index < -0.39 is 0 Å². The fourth-order valence-corrected chi connectivity index (χ4v) is 4.33. The molecule has 0 bridgehead atoms. The lowest BCUT2D eigenvalue weighted by molar-refractivity contribution is 0.342. The molecular formula is C17H27N3S2. The number of aliphatic imine (C=N–C) groups is 1. The lowest BCUT2D eigenvalue weighted by Gasteiger charge is -2.36. The van der Waals surface area contributed by atoms with Crippen LogP contribution in [-0.4, -0.2) is 34.5 Å². The Bertz CT molecular complexity index is 496. The van der Waals surface area contributed by atoms with E-state index in [0.717, 1.165) is 41.8 Å². The lowest BCUT2D eigenvalue weighted by atomic mass is 9.78. The molecule has 22 heavy (non-hydrogen) atoms. The Balaban J connectivity index is 1.89. The monoisotopic (exact) mass is 337 g/mol. The highest BCUT2D eigenvalue weighted by atomic mass is 32.2. The van der Waals surface area contributed by atoms with Crippen molar-refractivity contribution in [2.45, 2.75) is 32.2 Å². The maximum Gasteiger partial charge on any atom is 0.154 e. The molecule has 2 unspecified atom stereocenters. The van der Waals surface area contributed by atoms with Crippen molar-refractivity contribution in [3.63, 3.8) is 0 Å². The van der Waals surface area contributed by atoms with Crippen LogP contribution in [0.4, 0.5) is 0 Å². The van der Waals surface area contributed by atoms with Crippen molar-refractivity contribution < 1.29 is 0 Å². The molecule has 122 valence electrons. The zero-order valence-electron chi connectivity index (χ0n) is 13.6. The second kappa shape index (κ2) is 8.16. The van der Waals surface area contributed by atoms with Gasteiger partial charge in [0.1, 0.15) is 0 Å². The Kier molecular flexibility index (Phi) is 6.50. The second-order valence-corrected chi connectivity index (χ2v) is 8.38. The minimum atomic E-state index is -0.0552. The molecule has 2 aliphatic rings. The van der Waals surface area contributed by atoms with Gasteiger partial charge in [-0.05, 0) is 31.1 Å². The summed E-state index contributed by atoms with van der Waals surface area (Å²) in [7, 11) is 0. The van der Waals surface area contributed by atoms with E-state index in [-0.39, 0.29) is 5.54 Å². The number of nitrogens with two attached hydrogens (primary N) is 1. The predicted octanol–water partition coefficient (Wildman–Crippen LogP) is 3.56. The molecule has 2 rings (SSSR count). The SMILES string of the molecule is C=C(NCCSCC)C1=CCC(C2(C)CCSC(N)=N2)C=C1. The van der Waals surface area contributed by atoms with Gasteiger partial charge in [-0.3, -0.25) is 4.99 Å². The molecule has 0 saturated carbocycles. The number of rotatable bonds is 7. The summed E-state index contributed by atoms with van der Waals surface area (Å²) in [5, 5.41) is 4.15. The third-order valence-electron chi connectivity index (χ3n) is 4.26. The van der Waals surface area contributed by atoms with Crippen LogP contribution in [0.25, 0.3) is 0 Å². The van der Waals surface area contributed by atoms with Crippen molar-refractivity contribution in [3.8, 4) is 0 Å². The van der Waals surface area contributed by atoms with E-state index in [2.05, 4.69) is 44.0 Å². The number of thioether (sulfide) groups is 2. The minimum Gasteiger partial charge on any atom is -0.384 e. The molecule has 0 radical (unpaired) electrons. The van der Waals surface area contributed by atoms with E-state index in [9.17, 15) is 0 Å². The van der Waals surface area contributed by atoms with Gasteiger partial charge in [-0.2, -0.15) is 11.8 Å². The summed E-state index contributed by atoms with van der Waals surface area (Å²) < 4.78 is 0. The number of nitrogens with one attached hydrogen (secondary N) is 1. The van der Waals surface area contributed by atoms with Gasteiger partial charge in [-0.25, -0.2) is 0 Å². The Morgan fingerprint density at radius 2 is 2.45 bits per heavy atom. The molecule has 0 spiro atoms. The third-order valence-corrected chi connectivity index (χ3v) is 5.96. The van der Waals surface area contributed by atoms with E-state index in [4.69, 9.17) is 10.7 Å². The van der Waals surface area contributed by atoms with Gasteiger partial charge in [0.05, 0.1) is 5.54 Å². The number of amidine groups is 1. The molecule has 2 atom stereocenters. The zero-order valence-corrected chi connectivity index (χ0v) is 15.2. The molecule has 1 heterocycles. The molecule has 1 aliphatic heterocycles. The predicted molar refractivity (Wildman–Crippen MR) is 103 cm³/mol. The van der Waals surface area contributed by atoms with Crippen LogP contribution in [0.3, 0.4) is 0 Å². The average Bonchev–Trinajstić information content (AvgIpc) is 2.51. The summed E-state index contributed by atoms with van der Waals surface area (Å²) in [5.74, 6) is 3.78. The summed E-state index contributed by atoms with van der Waals surface area (Å²) in [6.07, 6.45) is 8.86. The maximum atomic E-state index is 5.92. The molecule has 3 N–H and O–H groups in total. The summed E-state index contributed by atoms with van der Waals surface area (Å²) in [5.41, 5.74) is 8.10. The Labute approximate surface area is 143 Å². The molecule has 0 fully saturated rings. The number of hydrogen-bond acceptors (Lipinski definition) is 5. The molecule has 1 aliphatic carbocycles. The van der Waals surface area contributed by atoms with Crippen molar-refractivity contribution in [3.05, 3.63) is 36.1 Å². The summed E-state index contributed by atoms with van der Waals surface area (Å²) >= 11 is 3.61. The van der Waals surface area contributed by atoms with Crippen LogP contribution in [0.2, 0.25) is 0 Å². The van der Waals surface area contributed by atoms with Crippen LogP contribution in [0, 0.1) is 5.92 Å². The van der Waals surface area contributed by atoms with Crippen LogP contribution in [-0.2, 0) is 0 Å². The number of hydrogen-bond donors (Lipinski definition) is 2. The van der Waals surface area contributed by atoms with E-state index >= 15 is 0 Å². The molecule has 0 saturated heterocycles. The summed E-state index contributed by atoms with van der Waals surface area (Å²) in [6.45, 7) is 9.54. The van der Waals surface area contributed by atoms with Crippen LogP contribution in [0.1, 0.15) is 26.7 Å². The second-order valence-electron chi connectivity index (χ2n) is 5.87. The van der Waals surface area contributed by atoms with Crippen LogP contribution >= 0.6 is 23.5 Å². The van der Waals surface area contributed by atoms with Crippen LogP contribution < -0.4 is 11.1 Å². The lowest BCUT2D eigenvalue weighted by Crippen LogP contribution is -2.38. The standard InChI is InChI=1S/C17H27N3S2/c1-4-21-12-10-19-13(2)14-5-7-15(8-6-14)17(3)9-11-22-16(18)20-17/h5-7,15,19H,2,4,8-12H2,1,3H3,(H2,18,20). The first-order chi connectivity index (χ1) is 10.5. The van der Waals surface area contributed by atoms with Crippen LogP contribution in [0.15, 0.2) is 41.1 Å². The first-order valence-corrected chi connectivity index (χ1v) is 10.1. The number of allylic oxidation sites excluding steroid dienone is 2. The van der Waals surface area contributed by atoms with Crippen molar-refractivity contribution >= 4 is 28.7 Å². The van der Waals surface area contributed by atoms with Gasteiger partial charge in [0.15, 0.2) is 5.17 Å². The minimum absolute atomic E-state index is 0.0552. The fraction of sp³-hybridized carbons (Fsp3) is 0.588. The maximum absolute atomic E-state index is 5.92. The van der Waals surface area contributed by atoms with E-state index in [1.165, 1.54) is 11.3 Å². The zero-order chi connectivity index (χ0) is 16.0. The van der Waals surface area contributed by atoms with Gasteiger partial charge < -0.3 is 11.1 Å². The molecule has 5 heteroatoms. The van der Waals surface area contributed by atoms with Gasteiger partial charge in [-0.15, -0.1) is 0 Å². The topological polar surface area (TPSA) is 50.4 Å². The molecule has 0 aromatic carbocycles. The molecule has 3 nitrogen and oxygen atoms in total. The molecule has 0 amide bonds. The third kappa shape index (κ3) is 4.59. The largest absolute Gasteiger partial charge is 0.384 e. The van der Waals surface area contributed by atoms with E-state index in [1.807, 2.05) is 11.8 Å². The first-order valence-electron chi connectivity index (χ1n) is 7.92. The van der Waals surface area contributed by atoms with Gasteiger partial charge >= 0.3 is 0 Å². The highest BCUT2D eigenvalue weighted by molar-refractivity contribution is 8.13. The normalized spacial score (nSPS) is 28.0. The van der Waals surface area contributed by atoms with Gasteiger partial charge in [0.2, 0.25) is 0 Å². The van der Waals surface area contributed by atoms with Crippen LogP contribution in [0.5, 0.6) is 0 Å². The van der Waals surface area contributed by atoms with Crippen molar-refractivity contribution in [2.24, 2.45) is 16.6 Å². The smallest absolute Gasteiger partial charge is 0.154 e.